The standard InChI is InChI=1S/C11H13BrClN3S/c1-7(17-2)6-16-10(4-13)15-9-3-8(12)5-14-11(9)16/h3,5,7H,4,6H2,1-2H3. The number of alkyl halides is 1. The van der Waals surface area contributed by atoms with Gasteiger partial charge in [0.2, 0.25) is 0 Å². The molecular weight excluding hydrogens is 322 g/mol. The molecule has 1 atom stereocenters. The Morgan fingerprint density at radius 2 is 2.35 bits per heavy atom. The molecule has 2 aromatic rings. The summed E-state index contributed by atoms with van der Waals surface area (Å²) in [7, 11) is 0. The number of aromatic nitrogens is 3. The van der Waals surface area contributed by atoms with Crippen molar-refractivity contribution in [1.29, 1.82) is 0 Å². The van der Waals surface area contributed by atoms with E-state index in [4.69, 9.17) is 11.6 Å². The molecule has 0 aromatic carbocycles. The highest BCUT2D eigenvalue weighted by atomic mass is 79.9. The molecule has 0 bridgehead atoms. The molecule has 0 saturated heterocycles. The van der Waals surface area contributed by atoms with Crippen LogP contribution < -0.4 is 0 Å². The zero-order valence-electron chi connectivity index (χ0n) is 9.65. The molecule has 0 aliphatic rings. The minimum absolute atomic E-state index is 0.412. The van der Waals surface area contributed by atoms with Crippen LogP contribution in [0.15, 0.2) is 16.7 Å². The van der Waals surface area contributed by atoms with E-state index in [1.807, 2.05) is 17.8 Å². The maximum Gasteiger partial charge on any atom is 0.160 e. The molecule has 17 heavy (non-hydrogen) atoms. The minimum atomic E-state index is 0.412. The molecule has 1 unspecified atom stereocenters. The average Bonchev–Trinajstić information content (AvgIpc) is 2.66. The summed E-state index contributed by atoms with van der Waals surface area (Å²) in [6, 6.07) is 1.97. The Bertz CT molecular complexity index is 529. The summed E-state index contributed by atoms with van der Waals surface area (Å²) in [5.41, 5.74) is 1.80. The number of halogens is 2. The Hall–Kier alpha value is -0.260. The normalized spacial score (nSPS) is 13.2. The fraction of sp³-hybridized carbons (Fsp3) is 0.455. The molecule has 0 N–H and O–H groups in total. The van der Waals surface area contributed by atoms with Gasteiger partial charge < -0.3 is 4.57 Å². The molecule has 2 rings (SSSR count). The van der Waals surface area contributed by atoms with E-state index in [1.54, 1.807) is 6.20 Å². The van der Waals surface area contributed by atoms with Gasteiger partial charge in [-0.05, 0) is 28.3 Å². The monoisotopic (exact) mass is 333 g/mol. The number of nitrogens with zero attached hydrogens (tertiary/aromatic N) is 3. The van der Waals surface area contributed by atoms with Gasteiger partial charge >= 0.3 is 0 Å². The van der Waals surface area contributed by atoms with Gasteiger partial charge in [0.1, 0.15) is 11.3 Å². The first-order valence-electron chi connectivity index (χ1n) is 5.25. The van der Waals surface area contributed by atoms with Gasteiger partial charge in [-0.15, -0.1) is 11.6 Å². The van der Waals surface area contributed by atoms with Gasteiger partial charge in [0, 0.05) is 22.5 Å². The highest BCUT2D eigenvalue weighted by molar-refractivity contribution is 9.10. The molecule has 6 heteroatoms. The number of thioether (sulfide) groups is 1. The van der Waals surface area contributed by atoms with Gasteiger partial charge in [-0.2, -0.15) is 11.8 Å². The molecule has 0 aliphatic heterocycles. The minimum Gasteiger partial charge on any atom is -0.311 e. The first-order valence-corrected chi connectivity index (χ1v) is 7.86. The molecular formula is C11H13BrClN3S. The lowest BCUT2D eigenvalue weighted by Gasteiger charge is -2.11. The average molecular weight is 335 g/mol. The molecule has 0 aliphatic carbocycles. The first-order chi connectivity index (χ1) is 8.15. The second-order valence-electron chi connectivity index (χ2n) is 3.81. The maximum absolute atomic E-state index is 5.94. The van der Waals surface area contributed by atoms with Gasteiger partial charge in [-0.3, -0.25) is 0 Å². The molecule has 0 saturated carbocycles. The lowest BCUT2D eigenvalue weighted by atomic mass is 10.4. The fourth-order valence-electron chi connectivity index (χ4n) is 1.66. The van der Waals surface area contributed by atoms with Crippen LogP contribution >= 0.6 is 39.3 Å². The fourth-order valence-corrected chi connectivity index (χ4v) is 2.48. The molecule has 3 nitrogen and oxygen atoms in total. The SMILES string of the molecule is CSC(C)Cn1c(CCl)nc2cc(Br)cnc21. The molecule has 2 aromatic heterocycles. The topological polar surface area (TPSA) is 30.7 Å². The number of hydrogen-bond acceptors (Lipinski definition) is 3. The molecule has 0 radical (unpaired) electrons. The van der Waals surface area contributed by atoms with Crippen molar-refractivity contribution in [1.82, 2.24) is 14.5 Å². The van der Waals surface area contributed by atoms with Crippen molar-refractivity contribution in [3.05, 3.63) is 22.6 Å². The van der Waals surface area contributed by atoms with Gasteiger partial charge in [0.05, 0.1) is 5.88 Å². The summed E-state index contributed by atoms with van der Waals surface area (Å²) in [5.74, 6) is 1.29. The summed E-state index contributed by atoms with van der Waals surface area (Å²) in [6.07, 6.45) is 3.90. The van der Waals surface area contributed by atoms with Gasteiger partial charge in [-0.1, -0.05) is 6.92 Å². The Labute approximate surface area is 118 Å². The van der Waals surface area contributed by atoms with Crippen LogP contribution in [0.2, 0.25) is 0 Å². The van der Waals surface area contributed by atoms with E-state index in [9.17, 15) is 0 Å². The van der Waals surface area contributed by atoms with Crippen molar-refractivity contribution < 1.29 is 0 Å². The van der Waals surface area contributed by atoms with E-state index in [2.05, 4.69) is 43.6 Å². The van der Waals surface area contributed by atoms with Crippen LogP contribution in [-0.2, 0) is 12.4 Å². The lowest BCUT2D eigenvalue weighted by Crippen LogP contribution is -2.11. The second-order valence-corrected chi connectivity index (χ2v) is 6.27. The van der Waals surface area contributed by atoms with Crippen LogP contribution in [0.1, 0.15) is 12.7 Å². The van der Waals surface area contributed by atoms with Crippen LogP contribution in [-0.4, -0.2) is 26.0 Å². The quantitative estimate of drug-likeness (QED) is 0.799. The van der Waals surface area contributed by atoms with Crippen LogP contribution in [0.5, 0.6) is 0 Å². The predicted octanol–water partition coefficient (Wildman–Crippen LogP) is 3.68. The number of imidazole rings is 1. The smallest absolute Gasteiger partial charge is 0.160 e. The first kappa shape index (κ1) is 13.2. The van der Waals surface area contributed by atoms with Crippen LogP contribution in [0.4, 0.5) is 0 Å². The van der Waals surface area contributed by atoms with E-state index >= 15 is 0 Å². The zero-order valence-corrected chi connectivity index (χ0v) is 12.8. The molecule has 0 spiro atoms. The summed E-state index contributed by atoms with van der Waals surface area (Å²) < 4.78 is 3.05. The largest absolute Gasteiger partial charge is 0.311 e. The van der Waals surface area contributed by atoms with Crippen molar-refractivity contribution in [3.63, 3.8) is 0 Å². The highest BCUT2D eigenvalue weighted by Gasteiger charge is 2.13. The van der Waals surface area contributed by atoms with E-state index in [1.165, 1.54) is 0 Å². The zero-order chi connectivity index (χ0) is 12.4. The molecule has 0 amide bonds. The summed E-state index contributed by atoms with van der Waals surface area (Å²) >= 11 is 11.2. The number of hydrogen-bond donors (Lipinski definition) is 0. The van der Waals surface area contributed by atoms with Crippen LogP contribution in [0.3, 0.4) is 0 Å². The van der Waals surface area contributed by atoms with E-state index in [-0.39, 0.29) is 0 Å². The number of fused-ring (bicyclic) bond motifs is 1. The second kappa shape index (κ2) is 5.59. The predicted molar refractivity (Wildman–Crippen MR) is 77.8 cm³/mol. The molecule has 92 valence electrons. The Morgan fingerprint density at radius 3 is 3.00 bits per heavy atom. The summed E-state index contributed by atoms with van der Waals surface area (Å²) in [5, 5.41) is 0.514. The van der Waals surface area contributed by atoms with Gasteiger partial charge in [0.15, 0.2) is 5.65 Å². The van der Waals surface area contributed by atoms with Crippen LogP contribution in [0, 0.1) is 0 Å². The summed E-state index contributed by atoms with van der Waals surface area (Å²) in [4.78, 5) is 8.93. The van der Waals surface area contributed by atoms with E-state index in [0.717, 1.165) is 28.0 Å². The lowest BCUT2D eigenvalue weighted by molar-refractivity contribution is 0.679. The van der Waals surface area contributed by atoms with Gasteiger partial charge in [0.25, 0.3) is 0 Å². The molecule has 0 fully saturated rings. The molecule has 2 heterocycles. The van der Waals surface area contributed by atoms with Crippen molar-refractivity contribution >= 4 is 50.5 Å². The van der Waals surface area contributed by atoms with Crippen LogP contribution in [0.25, 0.3) is 11.2 Å². The third kappa shape index (κ3) is 2.77. The van der Waals surface area contributed by atoms with Crippen molar-refractivity contribution in [2.45, 2.75) is 24.6 Å². The van der Waals surface area contributed by atoms with E-state index < -0.39 is 0 Å². The summed E-state index contributed by atoms with van der Waals surface area (Å²) in [6.45, 7) is 3.07. The highest BCUT2D eigenvalue weighted by Crippen LogP contribution is 2.21. The van der Waals surface area contributed by atoms with Crippen molar-refractivity contribution in [2.75, 3.05) is 6.26 Å². The Balaban J connectivity index is 2.50. The van der Waals surface area contributed by atoms with E-state index in [0.29, 0.717) is 11.1 Å². The van der Waals surface area contributed by atoms with Crippen molar-refractivity contribution in [2.24, 2.45) is 0 Å². The van der Waals surface area contributed by atoms with Gasteiger partial charge in [-0.25, -0.2) is 9.97 Å². The maximum atomic E-state index is 5.94. The Morgan fingerprint density at radius 1 is 1.59 bits per heavy atom. The third-order valence-corrected chi connectivity index (χ3v) is 4.22. The van der Waals surface area contributed by atoms with Crippen molar-refractivity contribution in [3.8, 4) is 0 Å². The Kier molecular flexibility index (Phi) is 4.33. The third-order valence-electron chi connectivity index (χ3n) is 2.59. The number of pyridine rings is 1. The number of rotatable bonds is 4.